The van der Waals surface area contributed by atoms with Crippen molar-refractivity contribution in [2.24, 2.45) is 0 Å². The Balaban J connectivity index is 1.56. The zero-order valence-corrected chi connectivity index (χ0v) is 13.0. The molecule has 0 aliphatic carbocycles. The van der Waals surface area contributed by atoms with Gasteiger partial charge in [-0.25, -0.2) is 0 Å². The van der Waals surface area contributed by atoms with Crippen LogP contribution in [0, 0.1) is 0 Å². The molecule has 3 rings (SSSR count). The number of nitrogens with zero attached hydrogens (tertiary/aromatic N) is 5. The molecule has 1 saturated heterocycles. The number of carbonyl (C=O) groups is 1. The molecular weight excluding hydrogens is 298 g/mol. The van der Waals surface area contributed by atoms with Gasteiger partial charge in [0.05, 0.1) is 25.9 Å². The predicted molar refractivity (Wildman–Crippen MR) is 81.4 cm³/mol. The molecule has 8 nitrogen and oxygen atoms in total. The van der Waals surface area contributed by atoms with E-state index in [-0.39, 0.29) is 18.6 Å². The van der Waals surface area contributed by atoms with Gasteiger partial charge in [0.25, 0.3) is 0 Å². The van der Waals surface area contributed by atoms with Gasteiger partial charge in [0.2, 0.25) is 11.7 Å². The van der Waals surface area contributed by atoms with Crippen molar-refractivity contribution < 1.29 is 14.3 Å². The van der Waals surface area contributed by atoms with Crippen LogP contribution in [0.25, 0.3) is 11.4 Å². The van der Waals surface area contributed by atoms with E-state index in [2.05, 4.69) is 15.4 Å². The van der Waals surface area contributed by atoms with E-state index in [4.69, 9.17) is 9.47 Å². The van der Waals surface area contributed by atoms with Crippen LogP contribution in [0.5, 0.6) is 0 Å². The van der Waals surface area contributed by atoms with Crippen LogP contribution in [0.4, 0.5) is 0 Å². The second-order valence-electron chi connectivity index (χ2n) is 5.35. The molecule has 0 saturated carbocycles. The monoisotopic (exact) mass is 317 g/mol. The van der Waals surface area contributed by atoms with Gasteiger partial charge in [-0.05, 0) is 5.21 Å². The molecular formula is C15H19N5O3. The van der Waals surface area contributed by atoms with Crippen molar-refractivity contribution in [2.75, 3.05) is 33.4 Å². The van der Waals surface area contributed by atoms with Crippen LogP contribution in [0.3, 0.4) is 0 Å². The summed E-state index contributed by atoms with van der Waals surface area (Å²) in [4.78, 5) is 15.1. The normalized spacial score (nSPS) is 17.9. The first-order chi connectivity index (χ1) is 11.2. The first-order valence-corrected chi connectivity index (χ1v) is 7.49. The molecule has 1 amide bonds. The van der Waals surface area contributed by atoms with Crippen LogP contribution >= 0.6 is 0 Å². The predicted octanol–water partition coefficient (Wildman–Crippen LogP) is 0.214. The molecule has 0 bridgehead atoms. The highest BCUT2D eigenvalue weighted by Gasteiger charge is 2.20. The third kappa shape index (κ3) is 4.11. The Morgan fingerprint density at radius 3 is 2.91 bits per heavy atom. The quantitative estimate of drug-likeness (QED) is 0.784. The zero-order chi connectivity index (χ0) is 16.1. The Hall–Kier alpha value is -2.32. The SMILES string of the molecule is CN(CC1COCCO1)C(=O)Cn1nnc(-c2ccccc2)n1. The number of rotatable bonds is 5. The van der Waals surface area contributed by atoms with Crippen molar-refractivity contribution in [2.45, 2.75) is 12.6 Å². The van der Waals surface area contributed by atoms with E-state index in [9.17, 15) is 4.79 Å². The molecule has 8 heteroatoms. The van der Waals surface area contributed by atoms with Gasteiger partial charge >= 0.3 is 0 Å². The van der Waals surface area contributed by atoms with Crippen molar-refractivity contribution in [3.8, 4) is 11.4 Å². The minimum atomic E-state index is -0.101. The molecule has 1 aliphatic heterocycles. The number of likely N-dealkylation sites (N-methyl/N-ethyl adjacent to an activating group) is 1. The summed E-state index contributed by atoms with van der Waals surface area (Å²) >= 11 is 0. The summed E-state index contributed by atoms with van der Waals surface area (Å²) in [5, 5.41) is 12.2. The summed E-state index contributed by atoms with van der Waals surface area (Å²) in [6.45, 7) is 2.22. The first kappa shape index (κ1) is 15.6. The number of hydrogen-bond donors (Lipinski definition) is 0. The van der Waals surface area contributed by atoms with Gasteiger partial charge in [-0.15, -0.1) is 10.2 Å². The van der Waals surface area contributed by atoms with Gasteiger partial charge in [-0.3, -0.25) is 4.79 Å². The summed E-state index contributed by atoms with van der Waals surface area (Å²) in [6.07, 6.45) is -0.0821. The van der Waals surface area contributed by atoms with Gasteiger partial charge < -0.3 is 14.4 Å². The standard InChI is InChI=1S/C15H19N5O3/c1-19(9-13-11-22-7-8-23-13)14(21)10-20-17-15(16-18-20)12-5-3-2-4-6-12/h2-6,13H,7-11H2,1H3. The van der Waals surface area contributed by atoms with Gasteiger partial charge in [-0.1, -0.05) is 30.3 Å². The maximum atomic E-state index is 12.2. The van der Waals surface area contributed by atoms with Crippen molar-refractivity contribution >= 4 is 5.91 Å². The van der Waals surface area contributed by atoms with E-state index < -0.39 is 0 Å². The fraction of sp³-hybridized carbons (Fsp3) is 0.467. The Labute approximate surface area is 134 Å². The molecule has 1 aromatic carbocycles. The maximum Gasteiger partial charge on any atom is 0.246 e. The molecule has 2 heterocycles. The molecule has 1 fully saturated rings. The van der Waals surface area contributed by atoms with Crippen LogP contribution in [0.1, 0.15) is 0 Å². The smallest absolute Gasteiger partial charge is 0.246 e. The van der Waals surface area contributed by atoms with Crippen LogP contribution in [0.15, 0.2) is 30.3 Å². The number of ether oxygens (including phenoxy) is 2. The summed E-state index contributed by atoms with van der Waals surface area (Å²) in [7, 11) is 1.73. The molecule has 23 heavy (non-hydrogen) atoms. The number of tetrazole rings is 1. The van der Waals surface area contributed by atoms with Gasteiger partial charge in [0.1, 0.15) is 6.54 Å². The lowest BCUT2D eigenvalue weighted by molar-refractivity contribution is -0.137. The lowest BCUT2D eigenvalue weighted by atomic mass is 10.2. The van der Waals surface area contributed by atoms with Crippen molar-refractivity contribution in [1.29, 1.82) is 0 Å². The fourth-order valence-electron chi connectivity index (χ4n) is 2.30. The Bertz CT molecular complexity index is 640. The summed E-state index contributed by atoms with van der Waals surface area (Å²) in [6, 6.07) is 9.53. The Kier molecular flexibility index (Phi) is 4.94. The highest BCUT2D eigenvalue weighted by Crippen LogP contribution is 2.11. The molecule has 1 atom stereocenters. The van der Waals surface area contributed by atoms with Gasteiger partial charge in [0.15, 0.2) is 0 Å². The van der Waals surface area contributed by atoms with E-state index >= 15 is 0 Å². The average Bonchev–Trinajstić information content (AvgIpc) is 3.05. The minimum absolute atomic E-state index is 0.0455. The zero-order valence-electron chi connectivity index (χ0n) is 13.0. The largest absolute Gasteiger partial charge is 0.376 e. The Morgan fingerprint density at radius 1 is 1.35 bits per heavy atom. The fourth-order valence-corrected chi connectivity index (χ4v) is 2.30. The molecule has 0 radical (unpaired) electrons. The third-order valence-corrected chi connectivity index (χ3v) is 3.55. The number of hydrogen-bond acceptors (Lipinski definition) is 6. The van der Waals surface area contributed by atoms with E-state index in [1.807, 2.05) is 30.3 Å². The molecule has 2 aromatic rings. The number of carbonyl (C=O) groups excluding carboxylic acids is 1. The highest BCUT2D eigenvalue weighted by atomic mass is 16.6. The first-order valence-electron chi connectivity index (χ1n) is 7.49. The number of aromatic nitrogens is 4. The van der Waals surface area contributed by atoms with Gasteiger partial charge in [-0.2, -0.15) is 4.80 Å². The molecule has 0 N–H and O–H groups in total. The van der Waals surface area contributed by atoms with Crippen LogP contribution in [-0.4, -0.2) is 70.5 Å². The highest BCUT2D eigenvalue weighted by molar-refractivity contribution is 5.75. The van der Waals surface area contributed by atoms with Crippen LogP contribution in [0.2, 0.25) is 0 Å². The minimum Gasteiger partial charge on any atom is -0.376 e. The summed E-state index contributed by atoms with van der Waals surface area (Å²) < 4.78 is 10.9. The second kappa shape index (κ2) is 7.30. The van der Waals surface area contributed by atoms with E-state index in [1.165, 1.54) is 4.80 Å². The van der Waals surface area contributed by atoms with Crippen molar-refractivity contribution in [3.05, 3.63) is 30.3 Å². The van der Waals surface area contributed by atoms with Crippen LogP contribution in [-0.2, 0) is 20.8 Å². The van der Waals surface area contributed by atoms with E-state index in [0.29, 0.717) is 32.2 Å². The van der Waals surface area contributed by atoms with E-state index in [1.54, 1.807) is 11.9 Å². The molecule has 0 spiro atoms. The lowest BCUT2D eigenvalue weighted by Crippen LogP contribution is -2.42. The molecule has 1 unspecified atom stereocenters. The van der Waals surface area contributed by atoms with E-state index in [0.717, 1.165) is 5.56 Å². The van der Waals surface area contributed by atoms with Gasteiger partial charge in [0, 0.05) is 19.2 Å². The topological polar surface area (TPSA) is 82.4 Å². The lowest BCUT2D eigenvalue weighted by Gasteiger charge is -2.27. The number of amides is 1. The van der Waals surface area contributed by atoms with Crippen molar-refractivity contribution in [1.82, 2.24) is 25.1 Å². The van der Waals surface area contributed by atoms with Crippen LogP contribution < -0.4 is 0 Å². The third-order valence-electron chi connectivity index (χ3n) is 3.55. The summed E-state index contributed by atoms with van der Waals surface area (Å²) in [5.41, 5.74) is 0.868. The Morgan fingerprint density at radius 2 is 2.17 bits per heavy atom. The average molecular weight is 317 g/mol. The second-order valence-corrected chi connectivity index (χ2v) is 5.35. The molecule has 1 aliphatic rings. The number of benzene rings is 1. The molecule has 122 valence electrons. The summed E-state index contributed by atoms with van der Waals surface area (Å²) in [5.74, 6) is 0.404. The van der Waals surface area contributed by atoms with Crippen molar-refractivity contribution in [3.63, 3.8) is 0 Å². The molecule has 1 aromatic heterocycles. The maximum absolute atomic E-state index is 12.2.